The van der Waals surface area contributed by atoms with Gasteiger partial charge in [0.1, 0.15) is 0 Å². The van der Waals surface area contributed by atoms with Crippen molar-refractivity contribution in [2.75, 3.05) is 14.7 Å². The minimum Gasteiger partial charge on any atom is -0.311 e. The van der Waals surface area contributed by atoms with Gasteiger partial charge in [-0.15, -0.1) is 0 Å². The van der Waals surface area contributed by atoms with Crippen molar-refractivity contribution >= 4 is 75.5 Å². The Morgan fingerprint density at radius 3 is 0.765 bits per heavy atom. The topological polar surface area (TPSA) is 9.72 Å². The number of aryl methyl sites for hydroxylation is 6. The molecule has 0 aliphatic heterocycles. The Kier molecular flexibility index (Phi) is 13.6. The average Bonchev–Trinajstić information content (AvgIpc) is 3.37. The summed E-state index contributed by atoms with van der Waals surface area (Å²) < 4.78 is 0. The van der Waals surface area contributed by atoms with Crippen molar-refractivity contribution in [3.05, 3.63) is 268 Å². The highest BCUT2D eigenvalue weighted by Gasteiger charge is 2.18. The molecule has 0 saturated carbocycles. The molecule has 9 rings (SSSR count). The van der Waals surface area contributed by atoms with Crippen LogP contribution < -0.4 is 14.7 Å². The van der Waals surface area contributed by atoms with Crippen molar-refractivity contribution in [1.29, 1.82) is 0 Å². The van der Waals surface area contributed by atoms with Gasteiger partial charge in [-0.2, -0.15) is 0 Å². The first-order chi connectivity index (χ1) is 33.2. The molecule has 0 N–H and O–H groups in total. The van der Waals surface area contributed by atoms with E-state index in [0.29, 0.717) is 0 Å². The normalized spacial score (nSPS) is 11.3. The van der Waals surface area contributed by atoms with Crippen molar-refractivity contribution in [3.63, 3.8) is 0 Å². The Morgan fingerprint density at radius 2 is 0.515 bits per heavy atom. The average molecular weight is 882 g/mol. The first-order valence-electron chi connectivity index (χ1n) is 23.7. The lowest BCUT2D eigenvalue weighted by Gasteiger charge is -2.29. The first-order valence-corrected chi connectivity index (χ1v) is 23.7. The molecule has 0 bridgehead atoms. The summed E-state index contributed by atoms with van der Waals surface area (Å²) in [7, 11) is 0. The zero-order valence-corrected chi connectivity index (χ0v) is 40.1. The van der Waals surface area contributed by atoms with Crippen molar-refractivity contribution in [2.45, 2.75) is 48.0 Å². The number of rotatable bonds is 14. The van der Waals surface area contributed by atoms with E-state index in [1.165, 1.54) is 39.1 Å². The largest absolute Gasteiger partial charge is 0.311 e. The Bertz CT molecular complexity index is 2840. The highest BCUT2D eigenvalue weighted by Crippen LogP contribution is 2.40. The number of nitrogens with zero attached hydrogens (tertiary/aromatic N) is 3. The number of hydrogen-bond donors (Lipinski definition) is 0. The lowest BCUT2D eigenvalue weighted by atomic mass is 10.0. The van der Waals surface area contributed by atoms with Crippen LogP contribution in [0.1, 0.15) is 62.6 Å². The van der Waals surface area contributed by atoms with Crippen LogP contribution in [0.5, 0.6) is 0 Å². The third-order valence-electron chi connectivity index (χ3n) is 12.6. The third-order valence-corrected chi connectivity index (χ3v) is 12.6. The maximum absolute atomic E-state index is 2.41. The molecule has 0 fully saturated rings. The van der Waals surface area contributed by atoms with Crippen LogP contribution in [0.3, 0.4) is 0 Å². The first kappa shape index (κ1) is 45.0. The SMILES string of the molecule is CCc1cccc(C)c1N(c1ccc(/C=C/c2ccc(N(c3ccc(C)cc3)c3ccc(C)cc3)cc2)cc1)c1ccc(/C=C/c2ccc(N(c3ccc(C)cc3)c3ccc(C)cc3)cc2)cc1. The molecule has 0 aliphatic carbocycles. The van der Waals surface area contributed by atoms with E-state index < -0.39 is 0 Å². The van der Waals surface area contributed by atoms with E-state index >= 15 is 0 Å². The molecule has 0 spiro atoms. The van der Waals surface area contributed by atoms with E-state index in [0.717, 1.165) is 74.2 Å². The number of benzene rings is 9. The van der Waals surface area contributed by atoms with Crippen LogP contribution in [0.4, 0.5) is 51.2 Å². The molecule has 334 valence electrons. The van der Waals surface area contributed by atoms with Crippen molar-refractivity contribution < 1.29 is 0 Å². The molecule has 3 nitrogen and oxygen atoms in total. The van der Waals surface area contributed by atoms with Crippen molar-refractivity contribution in [1.82, 2.24) is 0 Å². The second-order valence-electron chi connectivity index (χ2n) is 17.8. The minimum absolute atomic E-state index is 0.939. The van der Waals surface area contributed by atoms with Gasteiger partial charge in [-0.3, -0.25) is 0 Å². The second-order valence-corrected chi connectivity index (χ2v) is 17.8. The molecule has 68 heavy (non-hydrogen) atoms. The van der Waals surface area contributed by atoms with Crippen LogP contribution in [0, 0.1) is 34.6 Å². The highest BCUT2D eigenvalue weighted by atomic mass is 15.2. The standard InChI is InChI=1S/C65H59N3/c1-7-56-10-8-9-51(6)65(56)68(63-43-27-54(28-44-63)21-19-52-23-39-61(40-24-52)66(57-31-11-47(2)12-32-57)58-33-13-48(3)14-34-58)64-45-29-55(30-46-64)22-20-53-25-41-62(42-26-53)67(59-35-15-49(4)16-36-59)60-37-17-50(5)18-38-60/h8-46H,7H2,1-6H3/b21-19+,22-20+. The minimum atomic E-state index is 0.939. The zero-order valence-electron chi connectivity index (χ0n) is 40.1. The molecule has 0 radical (unpaired) electrons. The summed E-state index contributed by atoms with van der Waals surface area (Å²) in [4.78, 5) is 7.04. The second kappa shape index (κ2) is 20.6. The van der Waals surface area contributed by atoms with Gasteiger partial charge in [0.2, 0.25) is 0 Å². The Hall–Kier alpha value is -8.14. The predicted molar refractivity (Wildman–Crippen MR) is 294 cm³/mol. The molecule has 0 aromatic heterocycles. The summed E-state index contributed by atoms with van der Waals surface area (Å²) in [6.45, 7) is 13.0. The molecule has 0 aliphatic rings. The third kappa shape index (κ3) is 10.4. The zero-order chi connectivity index (χ0) is 47.0. The summed E-state index contributed by atoms with van der Waals surface area (Å²) >= 11 is 0. The molecule has 0 amide bonds. The van der Waals surface area contributed by atoms with E-state index in [9.17, 15) is 0 Å². The van der Waals surface area contributed by atoms with Crippen LogP contribution in [-0.4, -0.2) is 0 Å². The summed E-state index contributed by atoms with van der Waals surface area (Å²) in [6, 6.07) is 77.0. The molecule has 3 heteroatoms. The highest BCUT2D eigenvalue weighted by molar-refractivity contribution is 5.84. The lowest BCUT2D eigenvalue weighted by molar-refractivity contribution is 1.10. The van der Waals surface area contributed by atoms with Gasteiger partial charge in [-0.25, -0.2) is 0 Å². The smallest absolute Gasteiger partial charge is 0.0522 e. The van der Waals surface area contributed by atoms with Crippen molar-refractivity contribution in [2.24, 2.45) is 0 Å². The van der Waals surface area contributed by atoms with Gasteiger partial charge >= 0.3 is 0 Å². The molecule has 9 aromatic rings. The van der Waals surface area contributed by atoms with E-state index in [1.807, 2.05) is 0 Å². The Morgan fingerprint density at radius 1 is 0.279 bits per heavy atom. The summed E-state index contributed by atoms with van der Waals surface area (Å²) in [5.41, 5.74) is 22.4. The molecule has 0 heterocycles. The quantitative estimate of drug-likeness (QED) is 0.101. The maximum atomic E-state index is 2.41. The fourth-order valence-electron chi connectivity index (χ4n) is 8.72. The monoisotopic (exact) mass is 881 g/mol. The van der Waals surface area contributed by atoms with Crippen LogP contribution in [0.15, 0.2) is 212 Å². The van der Waals surface area contributed by atoms with Gasteiger partial charge in [0, 0.05) is 45.5 Å². The molecule has 0 saturated heterocycles. The summed E-state index contributed by atoms with van der Waals surface area (Å²) in [6.07, 6.45) is 9.73. The molecular weight excluding hydrogens is 823 g/mol. The van der Waals surface area contributed by atoms with Gasteiger partial charge in [-0.05, 0) is 171 Å². The fraction of sp³-hybridized carbons (Fsp3) is 0.108. The van der Waals surface area contributed by atoms with Gasteiger partial charge in [0.25, 0.3) is 0 Å². The van der Waals surface area contributed by atoms with Gasteiger partial charge < -0.3 is 14.7 Å². The van der Waals surface area contributed by atoms with E-state index in [4.69, 9.17) is 0 Å². The fourth-order valence-corrected chi connectivity index (χ4v) is 8.72. The van der Waals surface area contributed by atoms with E-state index in [-0.39, 0.29) is 0 Å². The van der Waals surface area contributed by atoms with Crippen LogP contribution >= 0.6 is 0 Å². The number of para-hydroxylation sites is 1. The van der Waals surface area contributed by atoms with E-state index in [1.54, 1.807) is 0 Å². The molecule has 0 unspecified atom stereocenters. The van der Waals surface area contributed by atoms with Crippen LogP contribution in [-0.2, 0) is 6.42 Å². The Labute approximate surface area is 404 Å². The molecule has 9 aromatic carbocycles. The van der Waals surface area contributed by atoms with Crippen molar-refractivity contribution in [3.8, 4) is 0 Å². The van der Waals surface area contributed by atoms with Crippen LogP contribution in [0.2, 0.25) is 0 Å². The number of anilines is 9. The lowest BCUT2D eigenvalue weighted by Crippen LogP contribution is -2.13. The summed E-state index contributed by atoms with van der Waals surface area (Å²) in [5.74, 6) is 0. The predicted octanol–water partition coefficient (Wildman–Crippen LogP) is 18.5. The van der Waals surface area contributed by atoms with Gasteiger partial charge in [-0.1, -0.05) is 169 Å². The maximum Gasteiger partial charge on any atom is 0.0522 e. The van der Waals surface area contributed by atoms with E-state index in [2.05, 4.69) is 293 Å². The van der Waals surface area contributed by atoms with Crippen LogP contribution in [0.25, 0.3) is 24.3 Å². The number of hydrogen-bond acceptors (Lipinski definition) is 3. The molecule has 0 atom stereocenters. The summed E-state index contributed by atoms with van der Waals surface area (Å²) in [5, 5.41) is 0. The van der Waals surface area contributed by atoms with Gasteiger partial charge in [0.15, 0.2) is 0 Å². The van der Waals surface area contributed by atoms with Gasteiger partial charge in [0.05, 0.1) is 5.69 Å². The Balaban J connectivity index is 0.933. The molecular formula is C65H59N3.